The number of halogens is 2. The molecule has 2 N–H and O–H groups in total. The normalized spacial score (nSPS) is 23.6. The molecule has 0 radical (unpaired) electrons. The van der Waals surface area contributed by atoms with Gasteiger partial charge in [0.1, 0.15) is 0 Å². The van der Waals surface area contributed by atoms with E-state index in [9.17, 15) is 13.6 Å². The Balaban J connectivity index is 1.54. The van der Waals surface area contributed by atoms with Crippen LogP contribution in [0.1, 0.15) is 24.8 Å². The molecule has 3 nitrogen and oxygen atoms in total. The highest BCUT2D eigenvalue weighted by atomic mass is 19.2. The molecule has 20 heavy (non-hydrogen) atoms. The Kier molecular flexibility index (Phi) is 3.46. The van der Waals surface area contributed by atoms with Gasteiger partial charge < -0.3 is 10.6 Å². The molecule has 1 unspecified atom stereocenters. The molecule has 108 valence electrons. The first-order valence-corrected chi connectivity index (χ1v) is 7.03. The molecular formula is C15H18F2N2O. The van der Waals surface area contributed by atoms with Gasteiger partial charge in [-0.25, -0.2) is 8.78 Å². The van der Waals surface area contributed by atoms with Crippen molar-refractivity contribution in [2.45, 2.75) is 25.8 Å². The third-order valence-corrected chi connectivity index (χ3v) is 4.56. The number of piperidine rings is 1. The van der Waals surface area contributed by atoms with Gasteiger partial charge in [-0.1, -0.05) is 6.07 Å². The highest BCUT2D eigenvalue weighted by molar-refractivity contribution is 5.82. The lowest BCUT2D eigenvalue weighted by Crippen LogP contribution is -2.33. The summed E-state index contributed by atoms with van der Waals surface area (Å²) in [4.78, 5) is 12.1. The second-order valence-corrected chi connectivity index (χ2v) is 5.84. The van der Waals surface area contributed by atoms with Gasteiger partial charge in [-0.2, -0.15) is 0 Å². The van der Waals surface area contributed by atoms with Gasteiger partial charge in [0.2, 0.25) is 5.91 Å². The van der Waals surface area contributed by atoms with Crippen molar-refractivity contribution in [2.24, 2.45) is 11.3 Å². The van der Waals surface area contributed by atoms with E-state index < -0.39 is 11.6 Å². The summed E-state index contributed by atoms with van der Waals surface area (Å²) in [6.45, 7) is 2.21. The molecule has 5 heteroatoms. The smallest absolute Gasteiger partial charge is 0.223 e. The molecule has 1 atom stereocenters. The van der Waals surface area contributed by atoms with Crippen LogP contribution in [0.2, 0.25) is 0 Å². The van der Waals surface area contributed by atoms with Crippen molar-refractivity contribution in [3.8, 4) is 0 Å². The van der Waals surface area contributed by atoms with E-state index in [1.807, 2.05) is 0 Å². The Hall–Kier alpha value is -1.49. The van der Waals surface area contributed by atoms with Crippen molar-refractivity contribution in [3.63, 3.8) is 0 Å². The van der Waals surface area contributed by atoms with Gasteiger partial charge in [-0.15, -0.1) is 0 Å². The van der Waals surface area contributed by atoms with Gasteiger partial charge in [0.25, 0.3) is 0 Å². The van der Waals surface area contributed by atoms with Crippen LogP contribution in [-0.2, 0) is 11.3 Å². The van der Waals surface area contributed by atoms with Crippen LogP contribution in [0, 0.1) is 23.0 Å². The molecule has 1 aromatic rings. The summed E-state index contributed by atoms with van der Waals surface area (Å²) in [5.41, 5.74) is 0.779. The Morgan fingerprint density at radius 3 is 2.75 bits per heavy atom. The first-order valence-electron chi connectivity index (χ1n) is 7.03. The van der Waals surface area contributed by atoms with Gasteiger partial charge in [-0.05, 0) is 55.5 Å². The minimum atomic E-state index is -0.877. The van der Waals surface area contributed by atoms with Crippen molar-refractivity contribution >= 4 is 5.91 Å². The van der Waals surface area contributed by atoms with Crippen LogP contribution in [0.4, 0.5) is 8.78 Å². The molecule has 1 saturated carbocycles. The zero-order valence-electron chi connectivity index (χ0n) is 11.2. The topological polar surface area (TPSA) is 41.1 Å². The molecule has 1 saturated heterocycles. The van der Waals surface area contributed by atoms with Crippen molar-refractivity contribution in [1.29, 1.82) is 0 Å². The van der Waals surface area contributed by atoms with Gasteiger partial charge >= 0.3 is 0 Å². The lowest BCUT2D eigenvalue weighted by atomic mass is 9.92. The largest absolute Gasteiger partial charge is 0.352 e. The lowest BCUT2D eigenvalue weighted by molar-refractivity contribution is -0.123. The molecule has 0 bridgehead atoms. The number of carbonyl (C=O) groups is 1. The maximum absolute atomic E-state index is 13.1. The average Bonchev–Trinajstić information content (AvgIpc) is 3.14. The molecule has 1 aliphatic heterocycles. The van der Waals surface area contributed by atoms with Crippen LogP contribution in [-0.4, -0.2) is 19.0 Å². The molecule has 0 aromatic heterocycles. The quantitative estimate of drug-likeness (QED) is 0.889. The van der Waals surface area contributed by atoms with E-state index in [2.05, 4.69) is 10.6 Å². The predicted octanol–water partition coefficient (Wildman–Crippen LogP) is 1.97. The predicted molar refractivity (Wildman–Crippen MR) is 70.8 cm³/mol. The fourth-order valence-electron chi connectivity index (χ4n) is 3.16. The van der Waals surface area contributed by atoms with E-state index in [0.717, 1.165) is 44.5 Å². The van der Waals surface area contributed by atoms with Crippen LogP contribution in [0.15, 0.2) is 18.2 Å². The van der Waals surface area contributed by atoms with Crippen molar-refractivity contribution < 1.29 is 13.6 Å². The summed E-state index contributed by atoms with van der Waals surface area (Å²) in [5.74, 6) is -1.61. The number of rotatable bonds is 3. The van der Waals surface area contributed by atoms with Gasteiger partial charge in [0.05, 0.1) is 0 Å². The number of amides is 1. The Morgan fingerprint density at radius 2 is 2.05 bits per heavy atom. The summed E-state index contributed by atoms with van der Waals surface area (Å²) in [7, 11) is 0. The summed E-state index contributed by atoms with van der Waals surface area (Å²) >= 11 is 0. The average molecular weight is 280 g/mol. The monoisotopic (exact) mass is 280 g/mol. The molecule has 1 heterocycles. The number of nitrogens with one attached hydrogen (secondary N) is 2. The second kappa shape index (κ2) is 5.13. The highest BCUT2D eigenvalue weighted by Crippen LogP contribution is 2.58. The zero-order chi connectivity index (χ0) is 14.2. The molecule has 2 fully saturated rings. The van der Waals surface area contributed by atoms with E-state index >= 15 is 0 Å². The Bertz CT molecular complexity index is 527. The molecule has 1 amide bonds. The maximum Gasteiger partial charge on any atom is 0.223 e. The summed E-state index contributed by atoms with van der Waals surface area (Å²) in [6.07, 6.45) is 3.06. The van der Waals surface area contributed by atoms with Crippen LogP contribution < -0.4 is 10.6 Å². The third-order valence-electron chi connectivity index (χ3n) is 4.56. The van der Waals surface area contributed by atoms with E-state index in [1.54, 1.807) is 0 Å². The fourth-order valence-corrected chi connectivity index (χ4v) is 3.16. The van der Waals surface area contributed by atoms with Crippen LogP contribution in [0.5, 0.6) is 0 Å². The number of benzene rings is 1. The van der Waals surface area contributed by atoms with Gasteiger partial charge in [-0.3, -0.25) is 4.79 Å². The number of carbonyl (C=O) groups excluding carboxylic acids is 1. The standard InChI is InChI=1S/C15H18F2N2O/c16-12-2-1-10(7-13(12)17)9-19-14(20)11-8-15(11)3-5-18-6-4-15/h1-2,7,11,18H,3-6,8-9H2,(H,19,20). The lowest BCUT2D eigenvalue weighted by Gasteiger charge is -2.23. The SMILES string of the molecule is O=C(NCc1ccc(F)c(F)c1)C1CC12CCNCC2. The molecule has 1 aliphatic carbocycles. The summed E-state index contributed by atoms with van der Waals surface area (Å²) in [6, 6.07) is 3.71. The van der Waals surface area contributed by atoms with Crippen LogP contribution >= 0.6 is 0 Å². The van der Waals surface area contributed by atoms with E-state index in [1.165, 1.54) is 6.07 Å². The molecule has 1 spiro atoms. The van der Waals surface area contributed by atoms with E-state index in [0.29, 0.717) is 5.56 Å². The van der Waals surface area contributed by atoms with Crippen LogP contribution in [0.25, 0.3) is 0 Å². The first-order chi connectivity index (χ1) is 9.61. The zero-order valence-corrected chi connectivity index (χ0v) is 11.2. The summed E-state index contributed by atoms with van der Waals surface area (Å²) < 4.78 is 25.9. The summed E-state index contributed by atoms with van der Waals surface area (Å²) in [5, 5.41) is 6.13. The van der Waals surface area contributed by atoms with Crippen molar-refractivity contribution in [2.75, 3.05) is 13.1 Å². The second-order valence-electron chi connectivity index (χ2n) is 5.84. The van der Waals surface area contributed by atoms with E-state index in [-0.39, 0.29) is 23.8 Å². The maximum atomic E-state index is 13.1. The van der Waals surface area contributed by atoms with Crippen molar-refractivity contribution in [1.82, 2.24) is 10.6 Å². The third kappa shape index (κ3) is 2.54. The fraction of sp³-hybridized carbons (Fsp3) is 0.533. The molecular weight excluding hydrogens is 262 g/mol. The Morgan fingerprint density at radius 1 is 1.30 bits per heavy atom. The Labute approximate surface area is 116 Å². The molecule has 2 aliphatic rings. The minimum Gasteiger partial charge on any atom is -0.352 e. The van der Waals surface area contributed by atoms with Crippen LogP contribution in [0.3, 0.4) is 0 Å². The number of hydrogen-bond donors (Lipinski definition) is 2. The van der Waals surface area contributed by atoms with E-state index in [4.69, 9.17) is 0 Å². The van der Waals surface area contributed by atoms with Gasteiger partial charge in [0, 0.05) is 12.5 Å². The molecule has 1 aromatic carbocycles. The number of hydrogen-bond acceptors (Lipinski definition) is 2. The highest BCUT2D eigenvalue weighted by Gasteiger charge is 2.57. The molecule has 3 rings (SSSR count). The van der Waals surface area contributed by atoms with Crippen molar-refractivity contribution in [3.05, 3.63) is 35.4 Å². The minimum absolute atomic E-state index is 0.0385. The van der Waals surface area contributed by atoms with Gasteiger partial charge in [0.15, 0.2) is 11.6 Å². The first kappa shape index (κ1) is 13.5.